The van der Waals surface area contributed by atoms with Gasteiger partial charge < -0.3 is 14.9 Å². The average Bonchev–Trinajstić information content (AvgIpc) is 3.05. The highest BCUT2D eigenvalue weighted by molar-refractivity contribution is 5.77. The summed E-state index contributed by atoms with van der Waals surface area (Å²) in [7, 11) is 0. The predicted molar refractivity (Wildman–Crippen MR) is 108 cm³/mol. The van der Waals surface area contributed by atoms with Gasteiger partial charge in [-0.05, 0) is 25.0 Å². The monoisotopic (exact) mass is 392 g/mol. The van der Waals surface area contributed by atoms with Crippen molar-refractivity contribution in [2.24, 2.45) is 5.92 Å². The van der Waals surface area contributed by atoms with Gasteiger partial charge in [-0.15, -0.1) is 0 Å². The summed E-state index contributed by atoms with van der Waals surface area (Å²) < 4.78 is 5.59. The van der Waals surface area contributed by atoms with Crippen molar-refractivity contribution in [1.82, 2.24) is 10.2 Å². The fourth-order valence-corrected chi connectivity index (χ4v) is 4.21. The van der Waals surface area contributed by atoms with Crippen LogP contribution in [-0.4, -0.2) is 26.9 Å². The van der Waals surface area contributed by atoms with Gasteiger partial charge in [0, 0.05) is 23.6 Å². The number of aromatic amines is 2. The lowest BCUT2D eigenvalue weighted by Gasteiger charge is -2.40. The Hall–Kier alpha value is -3.12. The van der Waals surface area contributed by atoms with E-state index in [1.807, 2.05) is 61.5 Å². The molecule has 0 spiro atoms. The molecule has 0 aliphatic heterocycles. The molecule has 0 radical (unpaired) electrons. The van der Waals surface area contributed by atoms with E-state index >= 15 is 0 Å². The van der Waals surface area contributed by atoms with Gasteiger partial charge in [-0.25, -0.2) is 0 Å². The molecular weight excluding hydrogens is 368 g/mol. The van der Waals surface area contributed by atoms with Crippen LogP contribution >= 0.6 is 0 Å². The first-order valence-corrected chi connectivity index (χ1v) is 9.66. The number of ether oxygens (including phenoxy) is 1. The van der Waals surface area contributed by atoms with Gasteiger partial charge in [0.05, 0.1) is 11.5 Å². The van der Waals surface area contributed by atoms with Crippen LogP contribution in [0.2, 0.25) is 0 Å². The number of carbonyl (C=O) groups excluding carboxylic acids is 1. The van der Waals surface area contributed by atoms with Gasteiger partial charge in [-0.2, -0.15) is 0 Å². The third kappa shape index (κ3) is 3.63. The summed E-state index contributed by atoms with van der Waals surface area (Å²) >= 11 is 0. The Kier molecular flexibility index (Phi) is 4.88. The molecule has 0 saturated carbocycles. The normalized spacial score (nSPS) is 23.4. The molecule has 3 aromatic rings. The number of benzene rings is 2. The van der Waals surface area contributed by atoms with E-state index in [9.17, 15) is 14.7 Å². The Bertz CT molecular complexity index is 1060. The first-order valence-electron chi connectivity index (χ1n) is 9.66. The first kappa shape index (κ1) is 19.2. The van der Waals surface area contributed by atoms with E-state index in [1.165, 1.54) is 0 Å². The molecule has 0 unspecified atom stereocenters. The third-order valence-electron chi connectivity index (χ3n) is 5.66. The molecule has 1 aliphatic rings. The summed E-state index contributed by atoms with van der Waals surface area (Å²) in [5, 5.41) is 16.7. The Balaban J connectivity index is 1.74. The number of aryl methyl sites for hydroxylation is 1. The zero-order valence-electron chi connectivity index (χ0n) is 16.4. The van der Waals surface area contributed by atoms with Gasteiger partial charge in [0.2, 0.25) is 0 Å². The largest absolute Gasteiger partial charge is 0.460 e. The van der Waals surface area contributed by atoms with Crippen LogP contribution in [0.1, 0.15) is 40.8 Å². The molecular formula is C23H24N2O4. The molecule has 29 heavy (non-hydrogen) atoms. The number of hydrogen-bond acceptors (Lipinski definition) is 4. The van der Waals surface area contributed by atoms with Gasteiger partial charge >= 0.3 is 5.97 Å². The highest BCUT2D eigenvalue weighted by Crippen LogP contribution is 2.44. The van der Waals surface area contributed by atoms with E-state index in [2.05, 4.69) is 10.2 Å². The SMILES string of the molecule is Cc1ccc([C@@H]2c3c([nH][nH]c3=O)C[C@@](C)(O)[C@H]2C(=O)OCc2ccccc2)cc1. The van der Waals surface area contributed by atoms with Gasteiger partial charge in [0.15, 0.2) is 0 Å². The maximum atomic E-state index is 13.2. The molecule has 0 saturated heterocycles. The summed E-state index contributed by atoms with van der Waals surface area (Å²) in [4.78, 5) is 25.7. The van der Waals surface area contributed by atoms with Crippen LogP contribution in [0, 0.1) is 12.8 Å². The van der Waals surface area contributed by atoms with Crippen molar-refractivity contribution in [3.63, 3.8) is 0 Å². The van der Waals surface area contributed by atoms with Crippen LogP contribution in [0.15, 0.2) is 59.4 Å². The zero-order chi connectivity index (χ0) is 20.6. The van der Waals surface area contributed by atoms with E-state index in [-0.39, 0.29) is 18.6 Å². The molecule has 1 aliphatic carbocycles. The molecule has 3 atom stereocenters. The first-order chi connectivity index (χ1) is 13.9. The van der Waals surface area contributed by atoms with Crippen molar-refractivity contribution in [2.45, 2.75) is 38.4 Å². The Labute approximate surface area is 168 Å². The van der Waals surface area contributed by atoms with Crippen LogP contribution in [0.3, 0.4) is 0 Å². The van der Waals surface area contributed by atoms with Crippen LogP contribution in [0.25, 0.3) is 0 Å². The number of carbonyl (C=O) groups is 1. The number of hydrogen-bond donors (Lipinski definition) is 3. The van der Waals surface area contributed by atoms with Crippen molar-refractivity contribution in [3.05, 3.63) is 92.9 Å². The van der Waals surface area contributed by atoms with E-state index in [0.717, 1.165) is 16.7 Å². The standard InChI is InChI=1S/C23H24N2O4/c1-14-8-10-16(11-9-14)18-19-17(24-25-21(19)26)12-23(2,28)20(18)22(27)29-13-15-6-4-3-5-7-15/h3-11,18,20,28H,12-13H2,1-2H3,(H2,24,25,26)/t18-,20-,23-/m1/s1. The topological polar surface area (TPSA) is 95.2 Å². The smallest absolute Gasteiger partial charge is 0.313 e. The number of esters is 1. The number of H-pyrrole nitrogens is 2. The van der Waals surface area contributed by atoms with Crippen LogP contribution < -0.4 is 5.56 Å². The van der Waals surface area contributed by atoms with Crippen molar-refractivity contribution >= 4 is 5.97 Å². The Morgan fingerprint density at radius 2 is 1.83 bits per heavy atom. The van der Waals surface area contributed by atoms with E-state index in [0.29, 0.717) is 11.3 Å². The number of fused-ring (bicyclic) bond motifs is 1. The fraction of sp³-hybridized carbons (Fsp3) is 0.304. The van der Waals surface area contributed by atoms with E-state index < -0.39 is 23.4 Å². The highest BCUT2D eigenvalue weighted by Gasteiger charge is 2.51. The zero-order valence-corrected chi connectivity index (χ0v) is 16.4. The number of aromatic nitrogens is 2. The second-order valence-electron chi connectivity index (χ2n) is 7.96. The summed E-state index contributed by atoms with van der Waals surface area (Å²) in [6.07, 6.45) is 0.161. The molecule has 0 amide bonds. The minimum absolute atomic E-state index is 0.114. The van der Waals surface area contributed by atoms with Crippen molar-refractivity contribution in [1.29, 1.82) is 0 Å². The number of rotatable bonds is 4. The Morgan fingerprint density at radius 1 is 1.14 bits per heavy atom. The van der Waals surface area contributed by atoms with Crippen LogP contribution in [0.5, 0.6) is 0 Å². The second kappa shape index (κ2) is 7.37. The summed E-state index contributed by atoms with van der Waals surface area (Å²) in [5.74, 6) is -2.03. The molecule has 6 nitrogen and oxygen atoms in total. The lowest BCUT2D eigenvalue weighted by atomic mass is 9.66. The van der Waals surface area contributed by atoms with Gasteiger partial charge in [0.1, 0.15) is 6.61 Å². The molecule has 150 valence electrons. The molecule has 1 heterocycles. The van der Waals surface area contributed by atoms with Gasteiger partial charge in [-0.3, -0.25) is 14.7 Å². The van der Waals surface area contributed by atoms with E-state index in [4.69, 9.17) is 4.74 Å². The van der Waals surface area contributed by atoms with E-state index in [1.54, 1.807) is 6.92 Å². The molecule has 0 bridgehead atoms. The predicted octanol–water partition coefficient (Wildman–Crippen LogP) is 2.81. The summed E-state index contributed by atoms with van der Waals surface area (Å²) in [6, 6.07) is 17.1. The number of aliphatic hydroxyl groups is 1. The summed E-state index contributed by atoms with van der Waals surface area (Å²) in [6.45, 7) is 3.71. The minimum atomic E-state index is -1.37. The third-order valence-corrected chi connectivity index (χ3v) is 5.66. The van der Waals surface area contributed by atoms with Crippen molar-refractivity contribution < 1.29 is 14.6 Å². The second-order valence-corrected chi connectivity index (χ2v) is 7.96. The highest BCUT2D eigenvalue weighted by atomic mass is 16.5. The molecule has 2 aromatic carbocycles. The van der Waals surface area contributed by atoms with Crippen molar-refractivity contribution in [2.75, 3.05) is 0 Å². The fourth-order valence-electron chi connectivity index (χ4n) is 4.21. The molecule has 4 rings (SSSR count). The lowest BCUT2D eigenvalue weighted by Crippen LogP contribution is -2.50. The lowest BCUT2D eigenvalue weighted by molar-refractivity contribution is -0.161. The van der Waals surface area contributed by atoms with Crippen LogP contribution in [0.4, 0.5) is 0 Å². The molecule has 3 N–H and O–H groups in total. The van der Waals surface area contributed by atoms with Crippen molar-refractivity contribution in [3.8, 4) is 0 Å². The van der Waals surface area contributed by atoms with Gasteiger partial charge in [-0.1, -0.05) is 60.2 Å². The molecule has 1 aromatic heterocycles. The van der Waals surface area contributed by atoms with Crippen LogP contribution in [-0.2, 0) is 22.6 Å². The quantitative estimate of drug-likeness (QED) is 0.595. The molecule has 6 heteroatoms. The maximum Gasteiger partial charge on any atom is 0.313 e. The summed E-state index contributed by atoms with van der Waals surface area (Å²) in [5.41, 5.74) is 2.19. The minimum Gasteiger partial charge on any atom is -0.460 e. The number of nitrogens with one attached hydrogen (secondary N) is 2. The maximum absolute atomic E-state index is 13.2. The molecule has 0 fully saturated rings. The van der Waals surface area contributed by atoms with Gasteiger partial charge in [0.25, 0.3) is 5.56 Å². The average molecular weight is 392 g/mol. The Morgan fingerprint density at radius 3 is 2.52 bits per heavy atom.